The average molecular weight is 585 g/mol. The third-order valence-electron chi connectivity index (χ3n) is 9.74. The molecule has 0 bridgehead atoms. The van der Waals surface area contributed by atoms with E-state index in [-0.39, 0.29) is 7.92 Å². The molecule has 0 aromatic heterocycles. The van der Waals surface area contributed by atoms with Crippen molar-refractivity contribution in [2.75, 3.05) is 0 Å². The van der Waals surface area contributed by atoms with E-state index in [0.29, 0.717) is 7.92 Å². The quantitative estimate of drug-likeness (QED) is 0.219. The van der Waals surface area contributed by atoms with Crippen molar-refractivity contribution >= 4 is 15.8 Å². The Morgan fingerprint density at radius 3 is 0.902 bits per heavy atom. The Morgan fingerprint density at radius 2 is 0.634 bits per heavy atom. The maximum atomic E-state index is 2.26. The van der Waals surface area contributed by atoms with Crippen LogP contribution < -0.4 is 0 Å². The topological polar surface area (TPSA) is 0 Å². The van der Waals surface area contributed by atoms with Gasteiger partial charge in [-0.05, 0) is 90.7 Å². The predicted octanol–water partition coefficient (Wildman–Crippen LogP) is 12.5. The molecule has 0 aliphatic heterocycles. The first kappa shape index (κ1) is 31.0. The molecule has 0 nitrogen and oxygen atoms in total. The number of benzene rings is 3. The third kappa shape index (κ3) is 10.3. The maximum absolute atomic E-state index is 2.26. The minimum absolute atomic E-state index is 0.0895. The van der Waals surface area contributed by atoms with Crippen LogP contribution in [-0.2, 0) is 18.5 Å². The molecule has 220 valence electrons. The van der Waals surface area contributed by atoms with Gasteiger partial charge in [0.15, 0.2) is 0 Å². The van der Waals surface area contributed by atoms with Gasteiger partial charge in [0.25, 0.3) is 0 Å². The number of rotatable bonds is 9. The molecule has 0 N–H and O–H groups in total. The Labute approximate surface area is 254 Å². The van der Waals surface area contributed by atoms with Crippen LogP contribution in [0.1, 0.15) is 113 Å². The Balaban J connectivity index is 0.000000166. The summed E-state index contributed by atoms with van der Waals surface area (Å²) in [5.41, 5.74) is 7.95. The third-order valence-corrected chi connectivity index (χ3v) is 16.3. The standard InChI is InChI=1S/C21H21P.C18H33P/c1-4-10-19(11-5-1)16-22(17-20-12-6-2-7-13-20)18-21-14-8-3-9-15-21;1-4-10-16(11-5-1)19(17-12-6-2-7-13-17)18-14-8-3-9-15-18/h1-15H,16-18H2;16-18H,1-15H2. The lowest BCUT2D eigenvalue weighted by Gasteiger charge is -2.44. The molecule has 3 saturated carbocycles. The van der Waals surface area contributed by atoms with Crippen LogP contribution in [0.4, 0.5) is 0 Å². The van der Waals surface area contributed by atoms with Gasteiger partial charge in [0.05, 0.1) is 0 Å². The summed E-state index contributed by atoms with van der Waals surface area (Å²) in [6.07, 6.45) is 27.2. The predicted molar refractivity (Wildman–Crippen MR) is 185 cm³/mol. The van der Waals surface area contributed by atoms with Crippen molar-refractivity contribution in [2.24, 2.45) is 0 Å². The zero-order chi connectivity index (χ0) is 28.0. The minimum Gasteiger partial charge on any atom is -0.0971 e. The summed E-state index contributed by atoms with van der Waals surface area (Å²) in [7, 11) is 0.295. The van der Waals surface area contributed by atoms with Crippen molar-refractivity contribution in [1.82, 2.24) is 0 Å². The second-order valence-electron chi connectivity index (χ2n) is 12.9. The molecular weight excluding hydrogens is 530 g/mol. The van der Waals surface area contributed by atoms with Crippen molar-refractivity contribution < 1.29 is 0 Å². The molecule has 0 saturated heterocycles. The van der Waals surface area contributed by atoms with Crippen molar-refractivity contribution in [3.63, 3.8) is 0 Å². The van der Waals surface area contributed by atoms with E-state index in [1.165, 1.54) is 71.4 Å². The molecule has 0 amide bonds. The van der Waals surface area contributed by atoms with Gasteiger partial charge in [-0.2, -0.15) is 0 Å². The van der Waals surface area contributed by atoms with E-state index in [9.17, 15) is 0 Å². The van der Waals surface area contributed by atoms with Crippen molar-refractivity contribution in [3.05, 3.63) is 108 Å². The van der Waals surface area contributed by atoms with Gasteiger partial charge in [0.2, 0.25) is 0 Å². The van der Waals surface area contributed by atoms with Gasteiger partial charge in [-0.3, -0.25) is 0 Å². The van der Waals surface area contributed by atoms with Crippen LogP contribution in [0, 0.1) is 0 Å². The van der Waals surface area contributed by atoms with Crippen LogP contribution >= 0.6 is 15.8 Å². The molecule has 6 rings (SSSR count). The van der Waals surface area contributed by atoms with E-state index in [1.807, 2.05) is 0 Å². The molecule has 0 spiro atoms. The molecule has 3 aliphatic carbocycles. The van der Waals surface area contributed by atoms with E-state index in [4.69, 9.17) is 0 Å². The van der Waals surface area contributed by atoms with Gasteiger partial charge in [0, 0.05) is 0 Å². The van der Waals surface area contributed by atoms with E-state index in [1.54, 1.807) is 77.0 Å². The van der Waals surface area contributed by atoms with E-state index in [0.717, 1.165) is 0 Å². The molecule has 3 aliphatic rings. The van der Waals surface area contributed by atoms with Crippen LogP contribution in [0.25, 0.3) is 0 Å². The maximum Gasteiger partial charge on any atom is -0.00671 e. The molecule has 0 radical (unpaired) electrons. The molecule has 3 aromatic carbocycles. The minimum atomic E-state index is -0.0895. The molecule has 0 unspecified atom stereocenters. The smallest absolute Gasteiger partial charge is 0.00671 e. The highest BCUT2D eigenvalue weighted by Gasteiger charge is 2.36. The van der Waals surface area contributed by atoms with Crippen LogP contribution in [0.3, 0.4) is 0 Å². The van der Waals surface area contributed by atoms with Gasteiger partial charge in [-0.1, -0.05) is 165 Å². The van der Waals surface area contributed by atoms with E-state index >= 15 is 0 Å². The van der Waals surface area contributed by atoms with Gasteiger partial charge in [-0.15, -0.1) is 0 Å². The monoisotopic (exact) mass is 584 g/mol. The molecule has 0 atom stereocenters. The van der Waals surface area contributed by atoms with Crippen molar-refractivity contribution in [3.8, 4) is 0 Å². The fraction of sp³-hybridized carbons (Fsp3) is 0.538. The molecule has 3 fully saturated rings. The first-order chi connectivity index (χ1) is 20.3. The lowest BCUT2D eigenvalue weighted by Crippen LogP contribution is -2.28. The van der Waals surface area contributed by atoms with Gasteiger partial charge < -0.3 is 0 Å². The van der Waals surface area contributed by atoms with Crippen molar-refractivity contribution in [2.45, 2.75) is 132 Å². The Morgan fingerprint density at radius 1 is 0.366 bits per heavy atom. The lowest BCUT2D eigenvalue weighted by molar-refractivity contribution is 0.460. The van der Waals surface area contributed by atoms with Crippen LogP contribution in [0.15, 0.2) is 91.0 Å². The van der Waals surface area contributed by atoms with E-state index < -0.39 is 0 Å². The Hall–Kier alpha value is -1.48. The zero-order valence-electron chi connectivity index (χ0n) is 25.5. The van der Waals surface area contributed by atoms with Gasteiger partial charge >= 0.3 is 0 Å². The number of hydrogen-bond donors (Lipinski definition) is 0. The molecule has 41 heavy (non-hydrogen) atoms. The molecular formula is C39H54P2. The number of hydrogen-bond acceptors (Lipinski definition) is 0. The normalized spacial score (nSPS) is 19.2. The fourth-order valence-electron chi connectivity index (χ4n) is 7.72. The summed E-state index contributed by atoms with van der Waals surface area (Å²) < 4.78 is 0. The highest BCUT2D eigenvalue weighted by atomic mass is 31.1. The Kier molecular flexibility index (Phi) is 13.3. The van der Waals surface area contributed by atoms with Crippen LogP contribution in [-0.4, -0.2) is 17.0 Å². The summed E-state index contributed by atoms with van der Waals surface area (Å²) >= 11 is 0. The van der Waals surface area contributed by atoms with E-state index in [2.05, 4.69) is 91.0 Å². The molecule has 3 aromatic rings. The average Bonchev–Trinajstić information content (AvgIpc) is 3.05. The second-order valence-corrected chi connectivity index (χ2v) is 18.3. The summed E-state index contributed by atoms with van der Waals surface area (Å²) in [6, 6.07) is 32.7. The molecule has 2 heteroatoms. The van der Waals surface area contributed by atoms with Gasteiger partial charge in [-0.25, -0.2) is 0 Å². The summed E-state index contributed by atoms with van der Waals surface area (Å²) in [5, 5.41) is 0. The van der Waals surface area contributed by atoms with Gasteiger partial charge in [0.1, 0.15) is 0 Å². The highest BCUT2D eigenvalue weighted by molar-refractivity contribution is 7.60. The summed E-state index contributed by atoms with van der Waals surface area (Å²) in [4.78, 5) is 0. The largest absolute Gasteiger partial charge is 0.0971 e. The first-order valence-corrected chi connectivity index (χ1v) is 20.4. The summed E-state index contributed by atoms with van der Waals surface area (Å²) in [5.74, 6) is 0. The van der Waals surface area contributed by atoms with Crippen LogP contribution in [0.2, 0.25) is 0 Å². The SMILES string of the molecule is C1CCC(P(C2CCCCC2)C2CCCCC2)CC1.c1ccc(CP(Cc2ccccc2)Cc2ccccc2)cc1. The fourth-order valence-corrected chi connectivity index (χ4v) is 14.9. The first-order valence-electron chi connectivity index (χ1n) is 17.0. The Bertz CT molecular complexity index is 923. The second kappa shape index (κ2) is 17.6. The zero-order valence-corrected chi connectivity index (χ0v) is 27.3. The molecule has 0 heterocycles. The summed E-state index contributed by atoms with van der Waals surface area (Å²) in [6.45, 7) is 0. The van der Waals surface area contributed by atoms with Crippen molar-refractivity contribution in [1.29, 1.82) is 0 Å². The highest BCUT2D eigenvalue weighted by Crippen LogP contribution is 2.61. The lowest BCUT2D eigenvalue weighted by atomic mass is 9.99. The van der Waals surface area contributed by atoms with Crippen LogP contribution in [0.5, 0.6) is 0 Å².